The van der Waals surface area contributed by atoms with Crippen molar-refractivity contribution in [1.82, 2.24) is 4.90 Å². The molecule has 0 aliphatic carbocycles. The topological polar surface area (TPSA) is 70.7 Å². The second-order valence-corrected chi connectivity index (χ2v) is 7.40. The summed E-state index contributed by atoms with van der Waals surface area (Å²) in [6.45, 7) is 2.06. The van der Waals surface area contributed by atoms with Gasteiger partial charge in [-0.15, -0.1) is 0 Å². The lowest BCUT2D eigenvalue weighted by atomic mass is 10.1. The van der Waals surface area contributed by atoms with E-state index in [0.29, 0.717) is 34.8 Å². The molecule has 0 radical (unpaired) electrons. The molecule has 0 saturated heterocycles. The average Bonchev–Trinajstić information content (AvgIpc) is 2.80. The number of amides is 2. The first kappa shape index (κ1) is 23.0. The van der Waals surface area contributed by atoms with Crippen molar-refractivity contribution in [3.63, 3.8) is 0 Å². The summed E-state index contributed by atoms with van der Waals surface area (Å²) in [7, 11) is 3.30. The molecule has 2 amide bonds. The van der Waals surface area contributed by atoms with E-state index in [-0.39, 0.29) is 17.6 Å². The van der Waals surface area contributed by atoms with Crippen LogP contribution < -0.4 is 15.4 Å². The number of carbonyl (C=O) groups excluding carboxylic acids is 2. The zero-order valence-electron chi connectivity index (χ0n) is 18.3. The van der Waals surface area contributed by atoms with Crippen molar-refractivity contribution in [2.75, 3.05) is 24.8 Å². The summed E-state index contributed by atoms with van der Waals surface area (Å²) in [4.78, 5) is 26.9. The van der Waals surface area contributed by atoms with E-state index in [1.54, 1.807) is 79.5 Å². The van der Waals surface area contributed by atoms with Gasteiger partial charge in [0.25, 0.3) is 5.91 Å². The van der Waals surface area contributed by atoms with Crippen LogP contribution in [-0.2, 0) is 11.3 Å². The summed E-state index contributed by atoms with van der Waals surface area (Å²) in [5.74, 6) is -0.243. The Balaban J connectivity index is 1.59. The van der Waals surface area contributed by atoms with Crippen LogP contribution in [0.3, 0.4) is 0 Å². The van der Waals surface area contributed by atoms with E-state index in [2.05, 4.69) is 10.6 Å². The highest BCUT2D eigenvalue weighted by molar-refractivity contribution is 6.05. The van der Waals surface area contributed by atoms with Crippen molar-refractivity contribution in [2.24, 2.45) is 0 Å². The van der Waals surface area contributed by atoms with Crippen LogP contribution in [0.15, 0.2) is 72.8 Å². The van der Waals surface area contributed by atoms with Gasteiger partial charge in [-0.1, -0.05) is 30.3 Å². The molecule has 3 rings (SSSR count). The molecule has 0 saturated carbocycles. The molecule has 1 unspecified atom stereocenters. The lowest BCUT2D eigenvalue weighted by Gasteiger charge is -2.24. The molecule has 166 valence electrons. The van der Waals surface area contributed by atoms with Crippen LogP contribution in [0.2, 0.25) is 0 Å². The number of carbonyl (C=O) groups is 2. The highest BCUT2D eigenvalue weighted by Crippen LogP contribution is 2.24. The van der Waals surface area contributed by atoms with Gasteiger partial charge in [-0.25, -0.2) is 4.39 Å². The van der Waals surface area contributed by atoms with Gasteiger partial charge in [0.15, 0.2) is 0 Å². The molecule has 3 aromatic rings. The first-order valence-electron chi connectivity index (χ1n) is 10.2. The maximum absolute atomic E-state index is 13.9. The zero-order valence-corrected chi connectivity index (χ0v) is 18.3. The molecule has 32 heavy (non-hydrogen) atoms. The quantitative estimate of drug-likeness (QED) is 0.545. The highest BCUT2D eigenvalue weighted by Gasteiger charge is 2.19. The predicted octanol–water partition coefficient (Wildman–Crippen LogP) is 4.55. The van der Waals surface area contributed by atoms with Gasteiger partial charge in [0, 0.05) is 23.4 Å². The fraction of sp³-hybridized carbons (Fsp3) is 0.200. The molecular formula is C25H26FN3O3. The normalized spacial score (nSPS) is 11.7. The fourth-order valence-corrected chi connectivity index (χ4v) is 3.13. The van der Waals surface area contributed by atoms with E-state index in [9.17, 15) is 14.0 Å². The molecule has 0 heterocycles. The summed E-state index contributed by atoms with van der Waals surface area (Å²) in [6, 6.07) is 19.8. The largest absolute Gasteiger partial charge is 0.495 e. The number of methoxy groups -OCH3 is 1. The van der Waals surface area contributed by atoms with E-state index < -0.39 is 6.04 Å². The molecule has 0 aliphatic rings. The van der Waals surface area contributed by atoms with Crippen molar-refractivity contribution in [2.45, 2.75) is 19.5 Å². The lowest BCUT2D eigenvalue weighted by molar-refractivity contribution is -0.120. The molecule has 0 fully saturated rings. The Morgan fingerprint density at radius 2 is 1.62 bits per heavy atom. The van der Waals surface area contributed by atoms with Crippen molar-refractivity contribution >= 4 is 23.2 Å². The second-order valence-electron chi connectivity index (χ2n) is 7.40. The van der Waals surface area contributed by atoms with Gasteiger partial charge >= 0.3 is 0 Å². The Morgan fingerprint density at radius 1 is 0.969 bits per heavy atom. The zero-order chi connectivity index (χ0) is 23.1. The highest BCUT2D eigenvalue weighted by atomic mass is 19.1. The van der Waals surface area contributed by atoms with Gasteiger partial charge in [0.1, 0.15) is 11.6 Å². The van der Waals surface area contributed by atoms with Crippen LogP contribution in [0.25, 0.3) is 0 Å². The molecule has 6 nitrogen and oxygen atoms in total. The summed E-state index contributed by atoms with van der Waals surface area (Å²) in [5, 5.41) is 5.64. The average molecular weight is 435 g/mol. The minimum absolute atomic E-state index is 0.227. The van der Waals surface area contributed by atoms with Gasteiger partial charge in [0.05, 0.1) is 18.8 Å². The van der Waals surface area contributed by atoms with E-state index in [1.807, 2.05) is 6.07 Å². The molecular weight excluding hydrogens is 409 g/mol. The molecule has 1 atom stereocenters. The standard InChI is InChI=1S/C25H26FN3O3/c1-17(29(2)16-19-8-4-5-9-21(19)26)24(30)27-20-14-12-18(13-15-20)25(31)28-22-10-6-7-11-23(22)32-3/h4-15,17H,16H2,1-3H3,(H,27,30)(H,28,31). The predicted molar refractivity (Wildman–Crippen MR) is 123 cm³/mol. The Bertz CT molecular complexity index is 1090. The second kappa shape index (κ2) is 10.5. The number of hydrogen-bond donors (Lipinski definition) is 2. The maximum Gasteiger partial charge on any atom is 0.255 e. The minimum atomic E-state index is -0.483. The lowest BCUT2D eigenvalue weighted by Crippen LogP contribution is -2.39. The van der Waals surface area contributed by atoms with Crippen LogP contribution in [-0.4, -0.2) is 36.9 Å². The van der Waals surface area contributed by atoms with Gasteiger partial charge in [0.2, 0.25) is 5.91 Å². The van der Waals surface area contributed by atoms with Gasteiger partial charge in [-0.3, -0.25) is 14.5 Å². The Morgan fingerprint density at radius 3 is 2.31 bits per heavy atom. The number of anilines is 2. The van der Waals surface area contributed by atoms with Crippen molar-refractivity contribution in [3.05, 3.63) is 89.7 Å². The number of ether oxygens (including phenoxy) is 1. The Hall–Kier alpha value is -3.71. The van der Waals surface area contributed by atoms with Crippen LogP contribution in [0.4, 0.5) is 15.8 Å². The number of likely N-dealkylation sites (N-methyl/N-ethyl adjacent to an activating group) is 1. The van der Waals surface area contributed by atoms with Gasteiger partial charge in [-0.2, -0.15) is 0 Å². The molecule has 2 N–H and O–H groups in total. The van der Waals surface area contributed by atoms with Gasteiger partial charge < -0.3 is 15.4 Å². The number of hydrogen-bond acceptors (Lipinski definition) is 4. The van der Waals surface area contributed by atoms with Crippen LogP contribution >= 0.6 is 0 Å². The van der Waals surface area contributed by atoms with Crippen molar-refractivity contribution in [1.29, 1.82) is 0 Å². The summed E-state index contributed by atoms with van der Waals surface area (Å²) >= 11 is 0. The van der Waals surface area contributed by atoms with Crippen molar-refractivity contribution < 1.29 is 18.7 Å². The van der Waals surface area contributed by atoms with Crippen LogP contribution in [0, 0.1) is 5.82 Å². The summed E-state index contributed by atoms with van der Waals surface area (Å²) in [5.41, 5.74) is 2.11. The first-order chi connectivity index (χ1) is 15.4. The van der Waals surface area contributed by atoms with Gasteiger partial charge in [-0.05, 0) is 56.4 Å². The third-order valence-corrected chi connectivity index (χ3v) is 5.19. The number of para-hydroxylation sites is 2. The SMILES string of the molecule is COc1ccccc1NC(=O)c1ccc(NC(=O)C(C)N(C)Cc2ccccc2F)cc1. The third-order valence-electron chi connectivity index (χ3n) is 5.19. The summed E-state index contributed by atoms with van der Waals surface area (Å²) in [6.07, 6.45) is 0. The Labute approximate surface area is 187 Å². The van der Waals surface area contributed by atoms with E-state index in [4.69, 9.17) is 4.74 Å². The molecule has 7 heteroatoms. The number of halogens is 1. The van der Waals surface area contributed by atoms with E-state index in [0.717, 1.165) is 0 Å². The van der Waals surface area contributed by atoms with E-state index >= 15 is 0 Å². The molecule has 0 aliphatic heterocycles. The molecule has 0 spiro atoms. The van der Waals surface area contributed by atoms with Crippen LogP contribution in [0.1, 0.15) is 22.8 Å². The smallest absolute Gasteiger partial charge is 0.255 e. The number of nitrogens with one attached hydrogen (secondary N) is 2. The monoisotopic (exact) mass is 435 g/mol. The van der Waals surface area contributed by atoms with E-state index in [1.165, 1.54) is 13.2 Å². The van der Waals surface area contributed by atoms with Crippen LogP contribution in [0.5, 0.6) is 5.75 Å². The summed E-state index contributed by atoms with van der Waals surface area (Å²) < 4.78 is 19.1. The fourth-order valence-electron chi connectivity index (χ4n) is 3.13. The third kappa shape index (κ3) is 5.70. The molecule has 0 bridgehead atoms. The molecule has 0 aromatic heterocycles. The maximum atomic E-state index is 13.9. The molecule has 3 aromatic carbocycles. The number of rotatable bonds is 8. The number of nitrogens with zero attached hydrogens (tertiary/aromatic N) is 1. The first-order valence-corrected chi connectivity index (χ1v) is 10.2. The number of benzene rings is 3. The minimum Gasteiger partial charge on any atom is -0.495 e. The Kier molecular flexibility index (Phi) is 7.57. The van der Waals surface area contributed by atoms with Crippen molar-refractivity contribution in [3.8, 4) is 5.75 Å².